The lowest BCUT2D eigenvalue weighted by Gasteiger charge is -2.14. The first-order chi connectivity index (χ1) is 17.3. The zero-order valence-electron chi connectivity index (χ0n) is 19.2. The standard InChI is InChI=1S/C28H21NO5S2/c1-19-13-15-23(16-14-19)36(32,33)34-25-12-5-3-8-21(25)17-26-27(30)29(28(31)35-26)18-22-10-6-9-20-7-2-4-11-24(20)22/h2-17H,18H2,1H3/b26-17-. The molecule has 0 aliphatic carbocycles. The number of carbonyl (C=O) groups excluding carboxylic acids is 2. The van der Waals surface area contributed by atoms with Crippen molar-refractivity contribution in [3.8, 4) is 5.75 Å². The lowest BCUT2D eigenvalue weighted by atomic mass is 10.0. The van der Waals surface area contributed by atoms with Crippen LogP contribution in [-0.2, 0) is 21.5 Å². The van der Waals surface area contributed by atoms with E-state index < -0.39 is 16.0 Å². The van der Waals surface area contributed by atoms with Crippen molar-refractivity contribution >= 4 is 49.9 Å². The van der Waals surface area contributed by atoms with Gasteiger partial charge in [-0.25, -0.2) is 0 Å². The van der Waals surface area contributed by atoms with Crippen molar-refractivity contribution in [1.82, 2.24) is 4.90 Å². The monoisotopic (exact) mass is 515 g/mol. The van der Waals surface area contributed by atoms with Gasteiger partial charge in [0, 0.05) is 5.56 Å². The third-order valence-electron chi connectivity index (χ3n) is 5.80. The maximum absolute atomic E-state index is 13.2. The van der Waals surface area contributed by atoms with Crippen LogP contribution in [0.15, 0.2) is 101 Å². The summed E-state index contributed by atoms with van der Waals surface area (Å²) in [5.41, 5.74) is 2.17. The molecule has 5 rings (SSSR count). The minimum Gasteiger partial charge on any atom is -0.378 e. The van der Waals surface area contributed by atoms with E-state index in [-0.39, 0.29) is 27.3 Å². The third kappa shape index (κ3) is 4.78. The lowest BCUT2D eigenvalue weighted by molar-refractivity contribution is -0.123. The van der Waals surface area contributed by atoms with Crippen molar-refractivity contribution in [2.45, 2.75) is 18.4 Å². The summed E-state index contributed by atoms with van der Waals surface area (Å²) >= 11 is 0.819. The normalized spacial score (nSPS) is 15.1. The molecule has 0 atom stereocenters. The first-order valence-electron chi connectivity index (χ1n) is 11.1. The molecule has 4 aromatic rings. The number of nitrogens with zero attached hydrogens (tertiary/aromatic N) is 1. The van der Waals surface area contributed by atoms with Crippen LogP contribution in [0.2, 0.25) is 0 Å². The fourth-order valence-corrected chi connectivity index (χ4v) is 5.71. The van der Waals surface area contributed by atoms with Gasteiger partial charge >= 0.3 is 10.1 Å². The molecule has 0 saturated carbocycles. The Balaban J connectivity index is 1.42. The van der Waals surface area contributed by atoms with Crippen LogP contribution in [0, 0.1) is 6.92 Å². The molecular formula is C28H21NO5S2. The van der Waals surface area contributed by atoms with E-state index in [0.29, 0.717) is 5.56 Å². The van der Waals surface area contributed by atoms with Crippen molar-refractivity contribution < 1.29 is 22.2 Å². The predicted molar refractivity (Wildman–Crippen MR) is 141 cm³/mol. The van der Waals surface area contributed by atoms with Gasteiger partial charge in [0.05, 0.1) is 11.4 Å². The van der Waals surface area contributed by atoms with Gasteiger partial charge < -0.3 is 4.18 Å². The van der Waals surface area contributed by atoms with E-state index in [0.717, 1.165) is 33.7 Å². The van der Waals surface area contributed by atoms with Gasteiger partial charge in [-0.05, 0) is 59.3 Å². The molecule has 4 aromatic carbocycles. The average Bonchev–Trinajstić information content (AvgIpc) is 3.13. The molecule has 1 heterocycles. The molecule has 180 valence electrons. The van der Waals surface area contributed by atoms with Gasteiger partial charge in [-0.15, -0.1) is 0 Å². The third-order valence-corrected chi connectivity index (χ3v) is 7.95. The molecule has 8 heteroatoms. The molecule has 0 N–H and O–H groups in total. The Labute approximate surface area is 213 Å². The molecule has 36 heavy (non-hydrogen) atoms. The highest BCUT2D eigenvalue weighted by Gasteiger charge is 2.35. The zero-order chi connectivity index (χ0) is 25.3. The van der Waals surface area contributed by atoms with E-state index in [1.807, 2.05) is 49.4 Å². The number of para-hydroxylation sites is 1. The fraction of sp³-hybridized carbons (Fsp3) is 0.0714. The van der Waals surface area contributed by atoms with Crippen LogP contribution in [0.5, 0.6) is 5.75 Å². The van der Waals surface area contributed by atoms with E-state index in [4.69, 9.17) is 4.18 Å². The van der Waals surface area contributed by atoms with Gasteiger partial charge in [-0.3, -0.25) is 14.5 Å². The van der Waals surface area contributed by atoms with Gasteiger partial charge in [0.25, 0.3) is 11.1 Å². The second-order valence-corrected chi connectivity index (χ2v) is 10.8. The number of hydrogen-bond donors (Lipinski definition) is 0. The Morgan fingerprint density at radius 1 is 0.861 bits per heavy atom. The molecule has 2 amide bonds. The molecule has 0 spiro atoms. The summed E-state index contributed by atoms with van der Waals surface area (Å²) in [4.78, 5) is 27.3. The Morgan fingerprint density at radius 2 is 1.56 bits per heavy atom. The van der Waals surface area contributed by atoms with Gasteiger partial charge in [-0.2, -0.15) is 8.42 Å². The first-order valence-corrected chi connectivity index (χ1v) is 13.4. The van der Waals surface area contributed by atoms with Gasteiger partial charge in [0.1, 0.15) is 10.6 Å². The van der Waals surface area contributed by atoms with Crippen molar-refractivity contribution in [3.63, 3.8) is 0 Å². The number of hydrogen-bond acceptors (Lipinski definition) is 6. The summed E-state index contributed by atoms with van der Waals surface area (Å²) < 4.78 is 31.0. The van der Waals surface area contributed by atoms with Gasteiger partial charge in [0.15, 0.2) is 0 Å². The summed E-state index contributed by atoms with van der Waals surface area (Å²) in [7, 11) is -4.08. The van der Waals surface area contributed by atoms with E-state index in [9.17, 15) is 18.0 Å². The van der Waals surface area contributed by atoms with E-state index in [1.54, 1.807) is 30.3 Å². The molecule has 6 nitrogen and oxygen atoms in total. The molecule has 1 aliphatic heterocycles. The van der Waals surface area contributed by atoms with Crippen LogP contribution in [-0.4, -0.2) is 24.5 Å². The quantitative estimate of drug-likeness (QED) is 0.226. The molecule has 1 fully saturated rings. The molecule has 1 aliphatic rings. The summed E-state index contributed by atoms with van der Waals surface area (Å²) in [6.07, 6.45) is 1.49. The van der Waals surface area contributed by atoms with Crippen molar-refractivity contribution in [3.05, 3.63) is 113 Å². The minimum absolute atomic E-state index is 0.0262. The number of rotatable bonds is 6. The smallest absolute Gasteiger partial charge is 0.339 e. The van der Waals surface area contributed by atoms with Crippen LogP contribution >= 0.6 is 11.8 Å². The summed E-state index contributed by atoms with van der Waals surface area (Å²) in [6, 6.07) is 26.4. The number of thioether (sulfide) groups is 1. The maximum atomic E-state index is 13.2. The number of aryl methyl sites for hydroxylation is 1. The van der Waals surface area contributed by atoms with E-state index in [1.165, 1.54) is 29.2 Å². The van der Waals surface area contributed by atoms with Crippen LogP contribution in [0.1, 0.15) is 16.7 Å². The second kappa shape index (κ2) is 9.64. The van der Waals surface area contributed by atoms with Gasteiger partial charge in [-0.1, -0.05) is 78.4 Å². The first kappa shape index (κ1) is 23.8. The Morgan fingerprint density at radius 3 is 2.36 bits per heavy atom. The van der Waals surface area contributed by atoms with E-state index >= 15 is 0 Å². The van der Waals surface area contributed by atoms with Gasteiger partial charge in [0.2, 0.25) is 0 Å². The maximum Gasteiger partial charge on any atom is 0.339 e. The van der Waals surface area contributed by atoms with Crippen LogP contribution in [0.25, 0.3) is 16.8 Å². The number of benzene rings is 4. The highest BCUT2D eigenvalue weighted by atomic mass is 32.2. The SMILES string of the molecule is Cc1ccc(S(=O)(=O)Oc2ccccc2/C=C2\SC(=O)N(Cc3cccc4ccccc34)C2=O)cc1. The summed E-state index contributed by atoms with van der Waals surface area (Å²) in [5, 5.41) is 1.62. The molecule has 0 radical (unpaired) electrons. The summed E-state index contributed by atoms with van der Waals surface area (Å²) in [6.45, 7) is 2.00. The van der Waals surface area contributed by atoms with E-state index in [2.05, 4.69) is 0 Å². The van der Waals surface area contributed by atoms with Crippen molar-refractivity contribution in [1.29, 1.82) is 0 Å². The van der Waals surface area contributed by atoms with Crippen LogP contribution in [0.4, 0.5) is 4.79 Å². The molecule has 0 unspecified atom stereocenters. The van der Waals surface area contributed by atoms with Crippen molar-refractivity contribution in [2.75, 3.05) is 0 Å². The molecular weight excluding hydrogens is 494 g/mol. The highest BCUT2D eigenvalue weighted by molar-refractivity contribution is 8.18. The molecule has 1 saturated heterocycles. The predicted octanol–water partition coefficient (Wildman–Crippen LogP) is 6.15. The largest absolute Gasteiger partial charge is 0.378 e. The Hall–Kier alpha value is -3.88. The highest BCUT2D eigenvalue weighted by Crippen LogP contribution is 2.36. The topological polar surface area (TPSA) is 80.8 Å². The minimum atomic E-state index is -4.08. The molecule has 0 bridgehead atoms. The molecule has 0 aromatic heterocycles. The Kier molecular flexibility index (Phi) is 6.38. The zero-order valence-corrected chi connectivity index (χ0v) is 20.9. The van der Waals surface area contributed by atoms with Crippen LogP contribution < -0.4 is 4.18 Å². The Bertz CT molecular complexity index is 1620. The number of imide groups is 1. The lowest BCUT2D eigenvalue weighted by Crippen LogP contribution is -2.27. The number of carbonyl (C=O) groups is 2. The number of fused-ring (bicyclic) bond motifs is 1. The summed E-state index contributed by atoms with van der Waals surface area (Å²) in [5.74, 6) is -0.368. The van der Waals surface area contributed by atoms with Crippen molar-refractivity contribution in [2.24, 2.45) is 0 Å². The average molecular weight is 516 g/mol. The fourth-order valence-electron chi connectivity index (χ4n) is 3.93. The van der Waals surface area contributed by atoms with Crippen LogP contribution in [0.3, 0.4) is 0 Å². The second-order valence-electron chi connectivity index (χ2n) is 8.29. The number of amides is 2.